The lowest BCUT2D eigenvalue weighted by Gasteiger charge is -2.31. The zero-order valence-corrected chi connectivity index (χ0v) is 20.8. The summed E-state index contributed by atoms with van der Waals surface area (Å²) in [6, 6.07) is 15.3. The second-order valence-electron chi connectivity index (χ2n) is 9.55. The highest BCUT2D eigenvalue weighted by Crippen LogP contribution is 2.40. The molecule has 0 atom stereocenters. The van der Waals surface area contributed by atoms with E-state index in [0.717, 1.165) is 43.8 Å². The zero-order chi connectivity index (χ0) is 27.1. The molecule has 0 saturated carbocycles. The van der Waals surface area contributed by atoms with Gasteiger partial charge in [-0.15, -0.1) is 5.10 Å². The fourth-order valence-electron chi connectivity index (χ4n) is 5.11. The number of carbonyl (C=O) groups is 1. The van der Waals surface area contributed by atoms with Crippen LogP contribution in [0.25, 0.3) is 16.9 Å². The second kappa shape index (κ2) is 9.70. The first-order valence-electron chi connectivity index (χ1n) is 12.6. The summed E-state index contributed by atoms with van der Waals surface area (Å²) in [5.41, 5.74) is 8.26. The number of nitrogens with one attached hydrogen (secondary N) is 1. The fraction of sp³-hybridized carbons (Fsp3) is 0.259. The molecule has 2 amide bonds. The first kappa shape index (κ1) is 24.9. The van der Waals surface area contributed by atoms with Gasteiger partial charge in [0.25, 0.3) is 0 Å². The van der Waals surface area contributed by atoms with Gasteiger partial charge in [-0.3, -0.25) is 4.90 Å². The van der Waals surface area contributed by atoms with Crippen LogP contribution in [0.2, 0.25) is 0 Å². The average Bonchev–Trinajstić information content (AvgIpc) is 3.31. The van der Waals surface area contributed by atoms with Gasteiger partial charge in [-0.1, -0.05) is 23.4 Å². The molecule has 0 radical (unpaired) electrons. The number of urea groups is 1. The normalized spacial score (nSPS) is 15.3. The number of amides is 2. The van der Waals surface area contributed by atoms with Gasteiger partial charge < -0.3 is 16.0 Å². The largest absolute Gasteiger partial charge is 0.416 e. The molecule has 12 heteroatoms. The van der Waals surface area contributed by atoms with Gasteiger partial charge >= 0.3 is 12.2 Å². The maximum atomic E-state index is 13.8. The van der Waals surface area contributed by atoms with Crippen LogP contribution < -0.4 is 20.9 Å². The van der Waals surface area contributed by atoms with Gasteiger partial charge in [0.05, 0.1) is 34.5 Å². The van der Waals surface area contributed by atoms with Crippen molar-refractivity contribution in [2.24, 2.45) is 5.73 Å². The molecule has 0 spiro atoms. The number of alkyl halides is 3. The molecule has 39 heavy (non-hydrogen) atoms. The number of hydrogen-bond donors (Lipinski definition) is 2. The molecular formula is C27H25F3N8O. The first-order valence-corrected chi connectivity index (χ1v) is 12.6. The topological polar surface area (TPSA) is 105 Å². The molecule has 5 heterocycles. The third-order valence-electron chi connectivity index (χ3n) is 7.07. The van der Waals surface area contributed by atoms with E-state index in [0.29, 0.717) is 34.1 Å². The molecule has 2 aromatic heterocycles. The van der Waals surface area contributed by atoms with Crippen molar-refractivity contribution in [1.82, 2.24) is 20.0 Å². The van der Waals surface area contributed by atoms with Crippen LogP contribution in [0.1, 0.15) is 24.1 Å². The fourth-order valence-corrected chi connectivity index (χ4v) is 5.11. The van der Waals surface area contributed by atoms with E-state index < -0.39 is 11.7 Å². The summed E-state index contributed by atoms with van der Waals surface area (Å²) in [6.07, 6.45) is -1.24. The summed E-state index contributed by atoms with van der Waals surface area (Å²) in [5.74, 6) is 0.433. The number of pyridine rings is 1. The van der Waals surface area contributed by atoms with Crippen molar-refractivity contribution < 1.29 is 18.0 Å². The van der Waals surface area contributed by atoms with Crippen LogP contribution in [0.4, 0.5) is 35.2 Å². The van der Waals surface area contributed by atoms with Gasteiger partial charge in [-0.2, -0.15) is 13.2 Å². The minimum absolute atomic E-state index is 0.0997. The maximum absolute atomic E-state index is 13.8. The Labute approximate surface area is 222 Å². The van der Waals surface area contributed by atoms with Crippen molar-refractivity contribution in [3.05, 3.63) is 78.1 Å². The lowest BCUT2D eigenvalue weighted by molar-refractivity contribution is -0.137. The summed E-state index contributed by atoms with van der Waals surface area (Å²) in [7, 11) is 0. The van der Waals surface area contributed by atoms with E-state index in [1.165, 1.54) is 6.07 Å². The van der Waals surface area contributed by atoms with Crippen LogP contribution in [0, 0.1) is 0 Å². The number of carbonyl (C=O) groups excluding carboxylic acids is 1. The van der Waals surface area contributed by atoms with E-state index in [9.17, 15) is 18.0 Å². The number of aromatic nitrogens is 4. The number of hydrogen-bond acceptors (Lipinski definition) is 6. The van der Waals surface area contributed by atoms with Crippen LogP contribution in [0.15, 0.2) is 66.9 Å². The number of fused-ring (bicyclic) bond motifs is 2. The van der Waals surface area contributed by atoms with Gasteiger partial charge in [0.1, 0.15) is 0 Å². The van der Waals surface area contributed by atoms with E-state index in [-0.39, 0.29) is 18.6 Å². The minimum Gasteiger partial charge on any atom is -0.368 e. The van der Waals surface area contributed by atoms with E-state index in [1.54, 1.807) is 46.1 Å². The highest BCUT2D eigenvalue weighted by molar-refractivity contribution is 6.04. The summed E-state index contributed by atoms with van der Waals surface area (Å²) in [4.78, 5) is 22.3. The molecule has 0 aliphatic carbocycles. The zero-order valence-electron chi connectivity index (χ0n) is 20.8. The van der Waals surface area contributed by atoms with E-state index in [1.807, 2.05) is 12.1 Å². The Bertz CT molecular complexity index is 1530. The number of nitrogens with zero attached hydrogens (tertiary/aromatic N) is 6. The minimum atomic E-state index is -4.47. The summed E-state index contributed by atoms with van der Waals surface area (Å²) in [5, 5.41) is 11.1. The average molecular weight is 535 g/mol. The van der Waals surface area contributed by atoms with Crippen LogP contribution in [0.3, 0.4) is 0 Å². The molecular weight excluding hydrogens is 509 g/mol. The second-order valence-corrected chi connectivity index (χ2v) is 9.55. The molecule has 3 N–H and O–H groups in total. The number of benzene rings is 2. The lowest BCUT2D eigenvalue weighted by Crippen LogP contribution is -2.46. The summed E-state index contributed by atoms with van der Waals surface area (Å²) in [6.45, 7) is 1.78. The molecule has 3 aliphatic heterocycles. The van der Waals surface area contributed by atoms with Crippen molar-refractivity contribution in [2.75, 3.05) is 28.2 Å². The quantitative estimate of drug-likeness (QED) is 0.389. The molecule has 0 unspecified atom stereocenters. The van der Waals surface area contributed by atoms with Crippen LogP contribution >= 0.6 is 0 Å². The number of nitrogens with two attached hydrogens (primary N) is 1. The number of anilines is 3. The van der Waals surface area contributed by atoms with Gasteiger partial charge in [-0.25, -0.2) is 14.5 Å². The highest BCUT2D eigenvalue weighted by atomic mass is 19.4. The van der Waals surface area contributed by atoms with Crippen LogP contribution in [-0.4, -0.2) is 45.1 Å². The maximum Gasteiger partial charge on any atom is 0.416 e. The molecule has 7 rings (SSSR count). The molecule has 9 nitrogen and oxygen atoms in total. The Morgan fingerprint density at radius 2 is 1.85 bits per heavy atom. The van der Waals surface area contributed by atoms with Crippen molar-refractivity contribution in [3.63, 3.8) is 0 Å². The Morgan fingerprint density at radius 3 is 2.59 bits per heavy atom. The Morgan fingerprint density at radius 1 is 1.05 bits per heavy atom. The van der Waals surface area contributed by atoms with Gasteiger partial charge in [0.15, 0.2) is 5.82 Å². The third kappa shape index (κ3) is 4.78. The van der Waals surface area contributed by atoms with Crippen LogP contribution in [0.5, 0.6) is 0 Å². The molecule has 4 aromatic rings. The van der Waals surface area contributed by atoms with E-state index in [2.05, 4.69) is 20.5 Å². The predicted octanol–water partition coefficient (Wildman–Crippen LogP) is 4.83. The molecule has 200 valence electrons. The molecule has 1 fully saturated rings. The van der Waals surface area contributed by atoms with Gasteiger partial charge in [0.2, 0.25) is 0 Å². The third-order valence-corrected chi connectivity index (χ3v) is 7.07. The standard InChI is InChI=1S/C27H25F3N8O/c28-27(29,30)18-4-1-3-17(13-18)23-7-8-24-25(33-23)38(21-9-11-36(24)12-10-21)26(39)32-19-5-2-6-22(14-19)37-16-20(15-31)34-35-37/h1-8,13-14,16,21H,9-12,15,31H2,(H,32,39). The number of piperidine rings is 1. The van der Waals surface area contributed by atoms with E-state index in [4.69, 9.17) is 10.7 Å². The Balaban J connectivity index is 1.34. The first-order chi connectivity index (χ1) is 18.8. The van der Waals surface area contributed by atoms with Crippen molar-refractivity contribution >= 4 is 23.2 Å². The van der Waals surface area contributed by atoms with E-state index >= 15 is 0 Å². The number of halogens is 3. The van der Waals surface area contributed by atoms with Gasteiger partial charge in [0, 0.05) is 36.9 Å². The molecule has 2 bridgehead atoms. The summed E-state index contributed by atoms with van der Waals surface area (Å²) < 4.78 is 41.6. The van der Waals surface area contributed by atoms with Crippen molar-refractivity contribution in [2.45, 2.75) is 31.6 Å². The predicted molar refractivity (Wildman–Crippen MR) is 141 cm³/mol. The Hall–Kier alpha value is -4.45. The summed E-state index contributed by atoms with van der Waals surface area (Å²) >= 11 is 0. The SMILES string of the molecule is NCc1cn(-c2cccc(NC(=O)N3c4nc(-c5cccc(C(F)(F)F)c5)ccc4N4CCC3CC4)c2)nn1. The van der Waals surface area contributed by atoms with Gasteiger partial charge in [-0.05, 0) is 55.3 Å². The number of rotatable bonds is 4. The smallest absolute Gasteiger partial charge is 0.368 e. The monoisotopic (exact) mass is 534 g/mol. The van der Waals surface area contributed by atoms with Crippen molar-refractivity contribution in [1.29, 1.82) is 0 Å². The lowest BCUT2D eigenvalue weighted by atomic mass is 10.1. The molecule has 2 aromatic carbocycles. The van der Waals surface area contributed by atoms with Crippen molar-refractivity contribution in [3.8, 4) is 16.9 Å². The highest BCUT2D eigenvalue weighted by Gasteiger charge is 2.37. The Kier molecular flexibility index (Phi) is 6.18. The molecule has 3 aliphatic rings. The van der Waals surface area contributed by atoms with Crippen LogP contribution in [-0.2, 0) is 12.7 Å². The molecule has 1 saturated heterocycles.